The highest BCUT2D eigenvalue weighted by Gasteiger charge is 2.31. The molecule has 5 heteroatoms. The van der Waals surface area contributed by atoms with Gasteiger partial charge in [0.25, 0.3) is 0 Å². The quantitative estimate of drug-likeness (QED) is 0.829. The topological polar surface area (TPSA) is 35.2 Å². The molecule has 0 spiro atoms. The summed E-state index contributed by atoms with van der Waals surface area (Å²) >= 11 is 0. The smallest absolute Gasteiger partial charge is 0.399 e. The zero-order chi connectivity index (χ0) is 13.1. The van der Waals surface area contributed by atoms with E-state index >= 15 is 0 Å². The number of methoxy groups -OCH3 is 1. The van der Waals surface area contributed by atoms with Crippen LogP contribution >= 0.6 is 0 Å². The molecule has 2 N–H and O–H groups in total. The first-order valence-corrected chi connectivity index (χ1v) is 5.36. The van der Waals surface area contributed by atoms with Gasteiger partial charge in [-0.15, -0.1) is 0 Å². The van der Waals surface area contributed by atoms with Crippen LogP contribution in [0.4, 0.5) is 18.9 Å². The van der Waals surface area contributed by atoms with Crippen LogP contribution in [0.15, 0.2) is 18.2 Å². The molecule has 0 aliphatic rings. The Morgan fingerprint density at radius 3 is 2.41 bits per heavy atom. The molecule has 96 valence electrons. The lowest BCUT2D eigenvalue weighted by atomic mass is 10.0. The minimum absolute atomic E-state index is 0.0853. The third kappa shape index (κ3) is 3.93. The summed E-state index contributed by atoms with van der Waals surface area (Å²) in [6, 6.07) is 3.62. The summed E-state index contributed by atoms with van der Waals surface area (Å²) in [5.74, 6) is 0. The number of hydrogen-bond donors (Lipinski definition) is 1. The molecule has 2 nitrogen and oxygen atoms in total. The van der Waals surface area contributed by atoms with Gasteiger partial charge in [0.05, 0.1) is 11.7 Å². The third-order valence-corrected chi connectivity index (χ3v) is 2.59. The van der Waals surface area contributed by atoms with Crippen molar-refractivity contribution in [3.63, 3.8) is 0 Å². The van der Waals surface area contributed by atoms with Crippen LogP contribution in [-0.2, 0) is 17.3 Å². The van der Waals surface area contributed by atoms with Crippen molar-refractivity contribution in [2.75, 3.05) is 12.8 Å². The highest BCUT2D eigenvalue weighted by Crippen LogP contribution is 2.31. The van der Waals surface area contributed by atoms with Gasteiger partial charge in [0, 0.05) is 12.8 Å². The first-order valence-electron chi connectivity index (χ1n) is 5.36. The van der Waals surface area contributed by atoms with Crippen LogP contribution in [0.2, 0.25) is 0 Å². The van der Waals surface area contributed by atoms with E-state index in [4.69, 9.17) is 10.5 Å². The molecule has 0 bridgehead atoms. The average molecular weight is 247 g/mol. The number of rotatable bonds is 4. The first kappa shape index (κ1) is 13.8. The van der Waals surface area contributed by atoms with Crippen molar-refractivity contribution in [3.05, 3.63) is 29.3 Å². The molecule has 0 saturated heterocycles. The normalized spacial score (nSPS) is 13.7. The predicted molar refractivity (Wildman–Crippen MR) is 60.6 cm³/mol. The number of halogens is 3. The average Bonchev–Trinajstić information content (AvgIpc) is 2.24. The molecule has 1 aromatic rings. The zero-order valence-corrected chi connectivity index (χ0v) is 9.84. The van der Waals surface area contributed by atoms with Crippen molar-refractivity contribution in [3.8, 4) is 0 Å². The summed E-state index contributed by atoms with van der Waals surface area (Å²) in [5, 5.41) is 0. The lowest BCUT2D eigenvalue weighted by Gasteiger charge is -2.15. The Hall–Kier alpha value is -1.23. The number of nitrogens with two attached hydrogens (primary N) is 1. The Kier molecular flexibility index (Phi) is 4.40. The Morgan fingerprint density at radius 1 is 1.29 bits per heavy atom. The van der Waals surface area contributed by atoms with Gasteiger partial charge in [-0.3, -0.25) is 0 Å². The second-order valence-corrected chi connectivity index (χ2v) is 3.93. The summed E-state index contributed by atoms with van der Waals surface area (Å²) in [4.78, 5) is 0. The van der Waals surface area contributed by atoms with Crippen LogP contribution in [-0.4, -0.2) is 13.2 Å². The monoisotopic (exact) mass is 247 g/mol. The van der Waals surface area contributed by atoms with Crippen molar-refractivity contribution in [2.24, 2.45) is 0 Å². The lowest BCUT2D eigenvalue weighted by molar-refractivity contribution is -0.137. The molecular formula is C12H16F3NO. The molecule has 0 amide bonds. The maximum atomic E-state index is 12.6. The molecular weight excluding hydrogens is 231 g/mol. The number of hydrogen-bond acceptors (Lipinski definition) is 2. The number of alkyl halides is 3. The van der Waals surface area contributed by atoms with E-state index in [9.17, 15) is 13.2 Å². The Balaban J connectivity index is 2.97. The van der Waals surface area contributed by atoms with Gasteiger partial charge in [0.2, 0.25) is 0 Å². The Labute approximate surface area is 98.6 Å². The van der Waals surface area contributed by atoms with Gasteiger partial charge < -0.3 is 10.5 Å². The second-order valence-electron chi connectivity index (χ2n) is 3.93. The zero-order valence-electron chi connectivity index (χ0n) is 9.84. The van der Waals surface area contributed by atoms with E-state index in [-0.39, 0.29) is 11.8 Å². The van der Waals surface area contributed by atoms with Crippen molar-refractivity contribution in [2.45, 2.75) is 32.0 Å². The molecule has 1 atom stereocenters. The number of anilines is 1. The van der Waals surface area contributed by atoms with E-state index in [0.717, 1.165) is 18.6 Å². The largest absolute Gasteiger partial charge is 0.416 e. The van der Waals surface area contributed by atoms with Gasteiger partial charge in [0.1, 0.15) is 0 Å². The summed E-state index contributed by atoms with van der Waals surface area (Å²) in [7, 11) is 1.55. The fourth-order valence-corrected chi connectivity index (χ4v) is 1.66. The Morgan fingerprint density at radius 2 is 1.94 bits per heavy atom. The standard InChI is InChI=1S/C12H16F3NO/c1-3-11(17-2)6-8-4-9(12(13,14)15)7-10(16)5-8/h4-5,7,11H,3,6,16H2,1-2H3. The van der Waals surface area contributed by atoms with Gasteiger partial charge in [-0.25, -0.2) is 0 Å². The highest BCUT2D eigenvalue weighted by molar-refractivity contribution is 5.45. The molecule has 1 unspecified atom stereocenters. The molecule has 17 heavy (non-hydrogen) atoms. The van der Waals surface area contributed by atoms with E-state index in [2.05, 4.69) is 0 Å². The van der Waals surface area contributed by atoms with Crippen molar-refractivity contribution in [1.82, 2.24) is 0 Å². The van der Waals surface area contributed by atoms with Crippen molar-refractivity contribution >= 4 is 5.69 Å². The maximum absolute atomic E-state index is 12.6. The van der Waals surface area contributed by atoms with Gasteiger partial charge >= 0.3 is 6.18 Å². The van der Waals surface area contributed by atoms with Crippen molar-refractivity contribution in [1.29, 1.82) is 0 Å². The van der Waals surface area contributed by atoms with E-state index in [1.165, 1.54) is 0 Å². The number of nitrogen functional groups attached to an aromatic ring is 1. The van der Waals surface area contributed by atoms with Gasteiger partial charge in [0.15, 0.2) is 0 Å². The van der Waals surface area contributed by atoms with E-state index in [0.29, 0.717) is 12.0 Å². The van der Waals surface area contributed by atoms with Gasteiger partial charge in [-0.05, 0) is 36.6 Å². The SMILES string of the molecule is CCC(Cc1cc(N)cc(C(F)(F)F)c1)OC. The third-order valence-electron chi connectivity index (χ3n) is 2.59. The number of benzene rings is 1. The summed E-state index contributed by atoms with van der Waals surface area (Å²) in [6.45, 7) is 1.92. The first-order chi connectivity index (χ1) is 7.86. The minimum Gasteiger partial charge on any atom is -0.399 e. The molecule has 0 fully saturated rings. The van der Waals surface area contributed by atoms with Gasteiger partial charge in [-0.1, -0.05) is 6.92 Å². The Bertz CT molecular complexity index is 373. The van der Waals surface area contributed by atoms with Crippen molar-refractivity contribution < 1.29 is 17.9 Å². The molecule has 0 radical (unpaired) electrons. The summed E-state index contributed by atoms with van der Waals surface area (Å²) in [6.07, 6.45) is -3.27. The highest BCUT2D eigenvalue weighted by atomic mass is 19.4. The molecule has 1 aromatic carbocycles. The van der Waals surface area contributed by atoms with E-state index < -0.39 is 11.7 Å². The van der Waals surface area contributed by atoms with Crippen LogP contribution in [0.1, 0.15) is 24.5 Å². The molecule has 0 heterocycles. The molecule has 0 aliphatic heterocycles. The fraction of sp³-hybridized carbons (Fsp3) is 0.500. The van der Waals surface area contributed by atoms with Crippen LogP contribution in [0, 0.1) is 0 Å². The fourth-order valence-electron chi connectivity index (χ4n) is 1.66. The lowest BCUT2D eigenvalue weighted by Crippen LogP contribution is -2.14. The van der Waals surface area contributed by atoms with Crippen LogP contribution in [0.25, 0.3) is 0 Å². The second kappa shape index (κ2) is 5.40. The summed E-state index contributed by atoms with van der Waals surface area (Å²) < 4.78 is 42.8. The predicted octanol–water partition coefficient (Wildman–Crippen LogP) is 3.26. The van der Waals surface area contributed by atoms with Crippen LogP contribution in [0.5, 0.6) is 0 Å². The summed E-state index contributed by atoms with van der Waals surface area (Å²) in [5.41, 5.74) is 5.44. The molecule has 0 aliphatic carbocycles. The molecule has 0 saturated carbocycles. The van der Waals surface area contributed by atoms with Crippen LogP contribution < -0.4 is 5.73 Å². The van der Waals surface area contributed by atoms with Crippen LogP contribution in [0.3, 0.4) is 0 Å². The maximum Gasteiger partial charge on any atom is 0.416 e. The minimum atomic E-state index is -4.36. The molecule has 0 aromatic heterocycles. The molecule has 1 rings (SSSR count). The van der Waals surface area contributed by atoms with Gasteiger partial charge in [-0.2, -0.15) is 13.2 Å². The number of ether oxygens (including phenoxy) is 1. The van der Waals surface area contributed by atoms with E-state index in [1.54, 1.807) is 13.2 Å². The van der Waals surface area contributed by atoms with E-state index in [1.807, 2.05) is 6.92 Å².